The number of likely N-dealkylation sites (N-methyl/N-ethyl adjacent to an activating group) is 1. The number of amides is 1. The molecular formula is C10H17NO4. The molecule has 0 aromatic heterocycles. The molecule has 0 bridgehead atoms. The van der Waals surface area contributed by atoms with Crippen molar-refractivity contribution in [2.45, 2.75) is 32.4 Å². The second kappa shape index (κ2) is 4.61. The molecule has 0 aromatic carbocycles. The van der Waals surface area contributed by atoms with Gasteiger partial charge in [0.2, 0.25) is 0 Å². The minimum atomic E-state index is -1.00. The van der Waals surface area contributed by atoms with E-state index in [1.54, 1.807) is 0 Å². The van der Waals surface area contributed by atoms with E-state index in [0.717, 1.165) is 6.42 Å². The quantitative estimate of drug-likeness (QED) is 0.737. The van der Waals surface area contributed by atoms with Crippen molar-refractivity contribution in [2.24, 2.45) is 5.92 Å². The molecule has 1 N–H and O–H groups in total. The molecule has 0 aromatic rings. The lowest BCUT2D eigenvalue weighted by molar-refractivity contribution is -0.153. The first kappa shape index (κ1) is 12.0. The van der Waals surface area contributed by atoms with Crippen LogP contribution in [0, 0.1) is 5.92 Å². The van der Waals surface area contributed by atoms with Crippen LogP contribution in [-0.2, 0) is 14.3 Å². The molecule has 1 aliphatic heterocycles. The van der Waals surface area contributed by atoms with Gasteiger partial charge in [-0.15, -0.1) is 0 Å². The molecule has 1 aliphatic rings. The molecule has 1 heterocycles. The third-order valence-electron chi connectivity index (χ3n) is 2.92. The third-order valence-corrected chi connectivity index (χ3v) is 2.92. The van der Waals surface area contributed by atoms with Crippen LogP contribution in [-0.4, -0.2) is 47.7 Å². The van der Waals surface area contributed by atoms with Crippen molar-refractivity contribution in [3.8, 4) is 0 Å². The van der Waals surface area contributed by atoms with Gasteiger partial charge < -0.3 is 14.7 Å². The van der Waals surface area contributed by atoms with Crippen molar-refractivity contribution in [3.63, 3.8) is 0 Å². The maximum absolute atomic E-state index is 11.8. The normalized spacial score (nSPS) is 27.4. The number of carbonyl (C=O) groups is 2. The first-order valence-corrected chi connectivity index (χ1v) is 5.06. The Kier molecular flexibility index (Phi) is 3.68. The highest BCUT2D eigenvalue weighted by Gasteiger charge is 2.35. The van der Waals surface area contributed by atoms with Crippen LogP contribution in [0.1, 0.15) is 20.3 Å². The van der Waals surface area contributed by atoms with Crippen LogP contribution in [0.3, 0.4) is 0 Å². The van der Waals surface area contributed by atoms with E-state index < -0.39 is 18.1 Å². The molecule has 1 fully saturated rings. The number of ether oxygens (including phenoxy) is 1. The molecule has 1 rings (SSSR count). The topological polar surface area (TPSA) is 66.8 Å². The summed E-state index contributed by atoms with van der Waals surface area (Å²) in [5, 5.41) is 8.78. The summed E-state index contributed by atoms with van der Waals surface area (Å²) in [6, 6.07) is -0.811. The monoisotopic (exact) mass is 215 g/mol. The molecule has 1 saturated heterocycles. The summed E-state index contributed by atoms with van der Waals surface area (Å²) in [6.07, 6.45) is 0.378. The maximum atomic E-state index is 11.8. The molecule has 86 valence electrons. The van der Waals surface area contributed by atoms with E-state index in [4.69, 9.17) is 9.84 Å². The third kappa shape index (κ3) is 2.47. The molecule has 3 atom stereocenters. The Bertz CT molecular complexity index is 266. The first-order valence-electron chi connectivity index (χ1n) is 5.06. The van der Waals surface area contributed by atoms with Gasteiger partial charge in [-0.1, -0.05) is 6.92 Å². The van der Waals surface area contributed by atoms with E-state index in [0.29, 0.717) is 6.61 Å². The second-order valence-corrected chi connectivity index (χ2v) is 4.02. The number of carbonyl (C=O) groups excluding carboxylic acids is 1. The van der Waals surface area contributed by atoms with E-state index in [2.05, 4.69) is 0 Å². The number of rotatable bonds is 3. The maximum Gasteiger partial charge on any atom is 0.326 e. The van der Waals surface area contributed by atoms with E-state index in [1.807, 2.05) is 6.92 Å². The summed E-state index contributed by atoms with van der Waals surface area (Å²) in [5.74, 6) is -1.08. The minimum absolute atomic E-state index is 0.168. The average molecular weight is 215 g/mol. The van der Waals surface area contributed by atoms with E-state index in [1.165, 1.54) is 18.9 Å². The van der Waals surface area contributed by atoms with E-state index in [-0.39, 0.29) is 11.8 Å². The second-order valence-electron chi connectivity index (χ2n) is 4.02. The molecule has 5 nitrogen and oxygen atoms in total. The molecule has 15 heavy (non-hydrogen) atoms. The standard InChI is InChI=1S/C10H17NO4/c1-6-4-5-15-8(6)9(12)11(3)7(2)10(13)14/h6-8H,4-5H2,1-3H3,(H,13,14). The van der Waals surface area contributed by atoms with Crippen LogP contribution in [0.5, 0.6) is 0 Å². The number of hydrogen-bond donors (Lipinski definition) is 1. The summed E-state index contributed by atoms with van der Waals surface area (Å²) >= 11 is 0. The van der Waals surface area contributed by atoms with Crippen molar-refractivity contribution in [3.05, 3.63) is 0 Å². The van der Waals surface area contributed by atoms with Gasteiger partial charge in [0.05, 0.1) is 0 Å². The molecule has 0 saturated carbocycles. The number of hydrogen-bond acceptors (Lipinski definition) is 3. The fourth-order valence-electron chi connectivity index (χ4n) is 1.57. The Balaban J connectivity index is 2.63. The Morgan fingerprint density at radius 3 is 2.53 bits per heavy atom. The van der Waals surface area contributed by atoms with Crippen LogP contribution < -0.4 is 0 Å². The lowest BCUT2D eigenvalue weighted by atomic mass is 10.0. The van der Waals surface area contributed by atoms with Crippen LogP contribution in [0.15, 0.2) is 0 Å². The Morgan fingerprint density at radius 2 is 2.13 bits per heavy atom. The van der Waals surface area contributed by atoms with Gasteiger partial charge in [-0.3, -0.25) is 4.79 Å². The average Bonchev–Trinajstić information content (AvgIpc) is 2.60. The van der Waals surface area contributed by atoms with Gasteiger partial charge in [0.15, 0.2) is 0 Å². The van der Waals surface area contributed by atoms with Crippen molar-refractivity contribution >= 4 is 11.9 Å². The smallest absolute Gasteiger partial charge is 0.326 e. The van der Waals surface area contributed by atoms with Gasteiger partial charge in [-0.25, -0.2) is 4.79 Å². The zero-order valence-electron chi connectivity index (χ0n) is 9.27. The van der Waals surface area contributed by atoms with Crippen molar-refractivity contribution in [2.75, 3.05) is 13.7 Å². The SMILES string of the molecule is CC1CCOC1C(=O)N(C)C(C)C(=O)O. The number of carboxylic acids is 1. The Hall–Kier alpha value is -1.10. The van der Waals surface area contributed by atoms with Crippen LogP contribution >= 0.6 is 0 Å². The van der Waals surface area contributed by atoms with Gasteiger partial charge in [-0.05, 0) is 19.3 Å². The summed E-state index contributed by atoms with van der Waals surface area (Å²) in [5.41, 5.74) is 0. The van der Waals surface area contributed by atoms with Crippen LogP contribution in [0.4, 0.5) is 0 Å². The zero-order chi connectivity index (χ0) is 11.6. The lowest BCUT2D eigenvalue weighted by Gasteiger charge is -2.25. The highest BCUT2D eigenvalue weighted by Crippen LogP contribution is 2.22. The van der Waals surface area contributed by atoms with Gasteiger partial charge in [-0.2, -0.15) is 0 Å². The van der Waals surface area contributed by atoms with Gasteiger partial charge in [0, 0.05) is 13.7 Å². The largest absolute Gasteiger partial charge is 0.480 e. The molecule has 3 unspecified atom stereocenters. The number of aliphatic carboxylic acids is 1. The van der Waals surface area contributed by atoms with Gasteiger partial charge in [0.1, 0.15) is 12.1 Å². The van der Waals surface area contributed by atoms with Gasteiger partial charge >= 0.3 is 5.97 Å². The van der Waals surface area contributed by atoms with Crippen LogP contribution in [0.2, 0.25) is 0 Å². The predicted octanol–water partition coefficient (Wildman–Crippen LogP) is 0.343. The summed E-state index contributed by atoms with van der Waals surface area (Å²) in [6.45, 7) is 4.00. The van der Waals surface area contributed by atoms with Crippen molar-refractivity contribution in [1.29, 1.82) is 0 Å². The number of carboxylic acid groups (broad SMARTS) is 1. The Labute approximate surface area is 89.0 Å². The highest BCUT2D eigenvalue weighted by atomic mass is 16.5. The molecule has 5 heteroatoms. The highest BCUT2D eigenvalue weighted by molar-refractivity contribution is 5.86. The predicted molar refractivity (Wildman–Crippen MR) is 53.4 cm³/mol. The van der Waals surface area contributed by atoms with E-state index >= 15 is 0 Å². The zero-order valence-corrected chi connectivity index (χ0v) is 9.27. The van der Waals surface area contributed by atoms with Crippen molar-refractivity contribution in [1.82, 2.24) is 4.90 Å². The summed E-state index contributed by atoms with van der Waals surface area (Å²) < 4.78 is 5.29. The first-order chi connectivity index (χ1) is 6.95. The molecular weight excluding hydrogens is 198 g/mol. The molecule has 0 radical (unpaired) electrons. The Morgan fingerprint density at radius 1 is 1.53 bits per heavy atom. The molecule has 1 amide bonds. The summed E-state index contributed by atoms with van der Waals surface area (Å²) in [4.78, 5) is 23.8. The molecule has 0 aliphatic carbocycles. The van der Waals surface area contributed by atoms with Gasteiger partial charge in [0.25, 0.3) is 5.91 Å². The summed E-state index contributed by atoms with van der Waals surface area (Å²) in [7, 11) is 1.50. The van der Waals surface area contributed by atoms with E-state index in [9.17, 15) is 9.59 Å². The van der Waals surface area contributed by atoms with Crippen LogP contribution in [0.25, 0.3) is 0 Å². The van der Waals surface area contributed by atoms with Crippen molar-refractivity contribution < 1.29 is 19.4 Å². The lowest BCUT2D eigenvalue weighted by Crippen LogP contribution is -2.46. The number of nitrogens with zero attached hydrogens (tertiary/aromatic N) is 1. The molecule has 0 spiro atoms. The fraction of sp³-hybridized carbons (Fsp3) is 0.800. The minimum Gasteiger partial charge on any atom is -0.480 e. The fourth-order valence-corrected chi connectivity index (χ4v) is 1.57.